The third-order valence-corrected chi connectivity index (χ3v) is 5.70. The van der Waals surface area contributed by atoms with E-state index in [9.17, 15) is 14.4 Å². The first-order chi connectivity index (χ1) is 13.6. The van der Waals surface area contributed by atoms with Crippen molar-refractivity contribution in [2.45, 2.75) is 58.3 Å². The fourth-order valence-electron chi connectivity index (χ4n) is 3.16. The Morgan fingerprint density at radius 3 is 2.57 bits per heavy atom. The number of nitrogens with one attached hydrogen (secondary N) is 2. The fraction of sp³-hybridized carbons (Fsp3) is 0.500. The van der Waals surface area contributed by atoms with Crippen molar-refractivity contribution in [2.75, 3.05) is 16.8 Å². The number of rotatable bonds is 9. The summed E-state index contributed by atoms with van der Waals surface area (Å²) in [5.74, 6) is -0.423. The van der Waals surface area contributed by atoms with E-state index in [0.717, 1.165) is 22.4 Å². The number of hydrogen-bond donors (Lipinski definition) is 2. The number of carbonyl (C=O) groups excluding carboxylic acids is 3. The molecule has 2 N–H and O–H groups in total. The molecule has 2 aromatic rings. The Morgan fingerprint density at radius 1 is 1.11 bits per heavy atom. The highest BCUT2D eigenvalue weighted by Crippen LogP contribution is 2.33. The van der Waals surface area contributed by atoms with E-state index in [1.807, 2.05) is 6.07 Å². The van der Waals surface area contributed by atoms with Crippen molar-refractivity contribution < 1.29 is 14.4 Å². The second-order valence-corrected chi connectivity index (χ2v) is 7.96. The topological polar surface area (TPSA) is 91.4 Å². The van der Waals surface area contributed by atoms with Gasteiger partial charge in [-0.25, -0.2) is 14.7 Å². The largest absolute Gasteiger partial charge is 0.338 e. The van der Waals surface area contributed by atoms with Crippen LogP contribution in [-0.4, -0.2) is 29.4 Å². The Hall–Kier alpha value is -2.48. The number of hydrogen-bond acceptors (Lipinski definition) is 5. The monoisotopic (exact) mass is 402 g/mol. The van der Waals surface area contributed by atoms with Gasteiger partial charge >= 0.3 is 6.03 Å². The molecule has 1 aromatic heterocycles. The zero-order chi connectivity index (χ0) is 19.9. The first-order valence-corrected chi connectivity index (χ1v) is 10.7. The average Bonchev–Trinajstić information content (AvgIpc) is 3.22. The molecular formula is C20H26N4O3S. The molecule has 1 saturated heterocycles. The summed E-state index contributed by atoms with van der Waals surface area (Å²) < 4.78 is 0.816. The Kier molecular flexibility index (Phi) is 6.97. The highest BCUT2D eigenvalue weighted by molar-refractivity contribution is 7.22. The van der Waals surface area contributed by atoms with Gasteiger partial charge in [0.05, 0.1) is 10.2 Å². The molecule has 7 nitrogen and oxygen atoms in total. The molecular weight excluding hydrogens is 376 g/mol. The third kappa shape index (κ3) is 5.07. The molecule has 1 fully saturated rings. The summed E-state index contributed by atoms with van der Waals surface area (Å²) in [6.07, 6.45) is 7.56. The maximum absolute atomic E-state index is 12.1. The highest BCUT2D eigenvalue weighted by Gasteiger charge is 2.32. The molecule has 0 saturated carbocycles. The van der Waals surface area contributed by atoms with E-state index in [2.05, 4.69) is 22.5 Å². The van der Waals surface area contributed by atoms with Gasteiger partial charge in [0.15, 0.2) is 5.13 Å². The Morgan fingerprint density at radius 2 is 1.82 bits per heavy atom. The number of thiazole rings is 1. The molecule has 1 aliphatic rings. The number of amides is 4. The van der Waals surface area contributed by atoms with Crippen LogP contribution in [-0.2, 0) is 9.59 Å². The maximum atomic E-state index is 12.1. The minimum Gasteiger partial charge on any atom is -0.338 e. The van der Waals surface area contributed by atoms with Gasteiger partial charge in [0.2, 0.25) is 11.8 Å². The zero-order valence-corrected chi connectivity index (χ0v) is 16.9. The number of aromatic nitrogens is 1. The van der Waals surface area contributed by atoms with Gasteiger partial charge in [-0.3, -0.25) is 9.59 Å². The van der Waals surface area contributed by atoms with E-state index < -0.39 is 0 Å². The molecule has 1 aliphatic heterocycles. The summed E-state index contributed by atoms with van der Waals surface area (Å²) in [6, 6.07) is 5.13. The maximum Gasteiger partial charge on any atom is 0.319 e. The van der Waals surface area contributed by atoms with Gasteiger partial charge in [0, 0.05) is 25.1 Å². The van der Waals surface area contributed by atoms with Crippen LogP contribution in [0.15, 0.2) is 18.2 Å². The summed E-state index contributed by atoms with van der Waals surface area (Å²) in [5.41, 5.74) is 1.35. The van der Waals surface area contributed by atoms with Gasteiger partial charge in [-0.15, -0.1) is 0 Å². The molecule has 1 aromatic carbocycles. The Bertz CT molecular complexity index is 848. The quantitative estimate of drug-likeness (QED) is 0.479. The van der Waals surface area contributed by atoms with Crippen LogP contribution in [0.5, 0.6) is 0 Å². The molecule has 2 heterocycles. The second-order valence-electron chi connectivity index (χ2n) is 6.95. The van der Waals surface area contributed by atoms with Gasteiger partial charge in [-0.1, -0.05) is 50.4 Å². The predicted octanol–water partition coefficient (Wildman–Crippen LogP) is 4.43. The van der Waals surface area contributed by atoms with Crippen molar-refractivity contribution in [3.63, 3.8) is 0 Å². The lowest BCUT2D eigenvalue weighted by molar-refractivity contribution is -0.121. The first kappa shape index (κ1) is 20.3. The van der Waals surface area contributed by atoms with E-state index in [1.165, 1.54) is 37.0 Å². The molecule has 8 heteroatoms. The van der Waals surface area contributed by atoms with Crippen LogP contribution in [0.2, 0.25) is 0 Å². The summed E-state index contributed by atoms with van der Waals surface area (Å²) in [6.45, 7) is 2.85. The molecule has 3 rings (SSSR count). The lowest BCUT2D eigenvalue weighted by Crippen LogP contribution is -2.29. The van der Waals surface area contributed by atoms with E-state index in [1.54, 1.807) is 12.1 Å². The summed E-state index contributed by atoms with van der Waals surface area (Å²) in [7, 11) is 0. The van der Waals surface area contributed by atoms with E-state index in [0.29, 0.717) is 22.9 Å². The number of fused-ring (bicyclic) bond motifs is 1. The van der Waals surface area contributed by atoms with Gasteiger partial charge < -0.3 is 10.6 Å². The lowest BCUT2D eigenvalue weighted by atomic mass is 10.1. The molecule has 0 atom stereocenters. The second kappa shape index (κ2) is 9.64. The predicted molar refractivity (Wildman–Crippen MR) is 112 cm³/mol. The van der Waals surface area contributed by atoms with Gasteiger partial charge in [0.25, 0.3) is 0 Å². The van der Waals surface area contributed by atoms with Crippen LogP contribution in [0.25, 0.3) is 10.2 Å². The molecule has 0 radical (unpaired) electrons. The van der Waals surface area contributed by atoms with Gasteiger partial charge in [-0.2, -0.15) is 0 Å². The third-order valence-electron chi connectivity index (χ3n) is 4.69. The SMILES string of the molecule is CCCCCCCCNC(=O)Nc1ccc2nc(N3C(=O)CCC3=O)sc2c1. The van der Waals surface area contributed by atoms with E-state index in [-0.39, 0.29) is 30.7 Å². The smallest absolute Gasteiger partial charge is 0.319 e. The Balaban J connectivity index is 1.52. The minimum absolute atomic E-state index is 0.212. The average molecular weight is 403 g/mol. The summed E-state index contributed by atoms with van der Waals surface area (Å²) in [5, 5.41) is 6.09. The molecule has 150 valence electrons. The van der Waals surface area contributed by atoms with Crippen LogP contribution in [0.4, 0.5) is 15.6 Å². The van der Waals surface area contributed by atoms with Crippen molar-refractivity contribution >= 4 is 50.2 Å². The first-order valence-electron chi connectivity index (χ1n) is 9.89. The normalized spacial score (nSPS) is 14.1. The van der Waals surface area contributed by atoms with Gasteiger partial charge in [0.1, 0.15) is 0 Å². The number of carbonyl (C=O) groups is 3. The Labute approximate surface area is 168 Å². The summed E-state index contributed by atoms with van der Waals surface area (Å²) >= 11 is 1.28. The van der Waals surface area contributed by atoms with E-state index in [4.69, 9.17) is 0 Å². The number of anilines is 2. The van der Waals surface area contributed by atoms with Crippen molar-refractivity contribution in [2.24, 2.45) is 0 Å². The van der Waals surface area contributed by atoms with Crippen LogP contribution in [0.3, 0.4) is 0 Å². The van der Waals surface area contributed by atoms with Crippen LogP contribution in [0, 0.1) is 0 Å². The minimum atomic E-state index is -0.234. The number of benzene rings is 1. The van der Waals surface area contributed by atoms with Crippen molar-refractivity contribution in [1.29, 1.82) is 0 Å². The number of urea groups is 1. The van der Waals surface area contributed by atoms with Gasteiger partial charge in [-0.05, 0) is 24.6 Å². The number of unbranched alkanes of at least 4 members (excludes halogenated alkanes) is 5. The molecule has 0 aliphatic carbocycles. The number of nitrogens with zero attached hydrogens (tertiary/aromatic N) is 2. The van der Waals surface area contributed by atoms with Crippen LogP contribution < -0.4 is 15.5 Å². The molecule has 4 amide bonds. The molecule has 0 bridgehead atoms. The summed E-state index contributed by atoms with van der Waals surface area (Å²) in [4.78, 5) is 41.4. The molecule has 0 unspecified atom stereocenters. The zero-order valence-electron chi connectivity index (χ0n) is 16.1. The molecule has 0 spiro atoms. The van der Waals surface area contributed by atoms with Crippen LogP contribution >= 0.6 is 11.3 Å². The van der Waals surface area contributed by atoms with E-state index >= 15 is 0 Å². The van der Waals surface area contributed by atoms with Crippen molar-refractivity contribution in [1.82, 2.24) is 10.3 Å². The number of imide groups is 1. The van der Waals surface area contributed by atoms with Crippen molar-refractivity contribution in [3.05, 3.63) is 18.2 Å². The fourth-order valence-corrected chi connectivity index (χ4v) is 4.20. The van der Waals surface area contributed by atoms with Crippen LogP contribution in [0.1, 0.15) is 58.3 Å². The van der Waals surface area contributed by atoms with Crippen molar-refractivity contribution in [3.8, 4) is 0 Å². The standard InChI is InChI=1S/C20H26N4O3S/c1-2-3-4-5-6-7-12-21-19(27)22-14-8-9-15-16(13-14)28-20(23-15)24-17(25)10-11-18(24)26/h8-9,13H,2-7,10-12H2,1H3,(H2,21,22,27). The highest BCUT2D eigenvalue weighted by atomic mass is 32.1. The lowest BCUT2D eigenvalue weighted by Gasteiger charge is -2.07. The molecule has 28 heavy (non-hydrogen) atoms.